The molecule has 0 N–H and O–H groups in total. The zero-order valence-electron chi connectivity index (χ0n) is 13.8. The van der Waals surface area contributed by atoms with Crippen LogP contribution in [-0.4, -0.2) is 30.7 Å². The maximum Gasteiger partial charge on any atom is 0.416 e. The summed E-state index contributed by atoms with van der Waals surface area (Å²) in [4.78, 5) is 14.6. The Bertz CT molecular complexity index is 700. The number of rotatable bonds is 6. The lowest BCUT2D eigenvalue weighted by Gasteiger charge is -2.17. The van der Waals surface area contributed by atoms with Gasteiger partial charge < -0.3 is 9.64 Å². The van der Waals surface area contributed by atoms with Crippen LogP contribution in [0.2, 0.25) is 0 Å². The standard InChI is InChI=1S/C18H18F3NO2S/c1-22(11-13-3-5-14(6-4-13)18(19,20)21)17(23)12-25-16-9-7-15(24-2)8-10-16/h3-10H,11-12H2,1-2H3. The number of benzene rings is 2. The third-order valence-electron chi connectivity index (χ3n) is 3.55. The van der Waals surface area contributed by atoms with Crippen molar-refractivity contribution < 1.29 is 22.7 Å². The Morgan fingerprint density at radius 1 is 1.08 bits per heavy atom. The summed E-state index contributed by atoms with van der Waals surface area (Å²) < 4.78 is 42.7. The highest BCUT2D eigenvalue weighted by Gasteiger charge is 2.29. The van der Waals surface area contributed by atoms with Gasteiger partial charge in [0.25, 0.3) is 0 Å². The molecule has 0 aliphatic heterocycles. The van der Waals surface area contributed by atoms with Gasteiger partial charge in [-0.15, -0.1) is 11.8 Å². The molecule has 2 aromatic carbocycles. The van der Waals surface area contributed by atoms with E-state index in [1.54, 1.807) is 14.2 Å². The predicted octanol–water partition coefficient (Wildman–Crippen LogP) is 4.46. The van der Waals surface area contributed by atoms with Crippen molar-refractivity contribution in [1.29, 1.82) is 0 Å². The van der Waals surface area contributed by atoms with Gasteiger partial charge in [-0.3, -0.25) is 4.79 Å². The molecule has 7 heteroatoms. The van der Waals surface area contributed by atoms with Gasteiger partial charge in [-0.2, -0.15) is 13.2 Å². The van der Waals surface area contributed by atoms with Crippen molar-refractivity contribution in [2.24, 2.45) is 0 Å². The van der Waals surface area contributed by atoms with Crippen molar-refractivity contribution in [3.05, 3.63) is 59.7 Å². The third-order valence-corrected chi connectivity index (χ3v) is 4.55. The van der Waals surface area contributed by atoms with Gasteiger partial charge in [0, 0.05) is 18.5 Å². The van der Waals surface area contributed by atoms with Gasteiger partial charge in [0.05, 0.1) is 18.4 Å². The van der Waals surface area contributed by atoms with Crippen molar-refractivity contribution in [2.75, 3.05) is 19.9 Å². The first-order valence-corrected chi connectivity index (χ1v) is 8.45. The minimum absolute atomic E-state index is 0.0966. The fourth-order valence-corrected chi connectivity index (χ4v) is 2.93. The molecule has 2 aromatic rings. The number of carbonyl (C=O) groups is 1. The van der Waals surface area contributed by atoms with Crippen LogP contribution in [0, 0.1) is 0 Å². The molecule has 0 heterocycles. The number of hydrogen-bond donors (Lipinski definition) is 0. The first-order valence-electron chi connectivity index (χ1n) is 7.46. The van der Waals surface area contributed by atoms with Crippen LogP contribution in [-0.2, 0) is 17.5 Å². The zero-order valence-corrected chi connectivity index (χ0v) is 14.7. The quantitative estimate of drug-likeness (QED) is 0.704. The lowest BCUT2D eigenvalue weighted by molar-refractivity contribution is -0.137. The van der Waals surface area contributed by atoms with E-state index in [2.05, 4.69) is 0 Å². The summed E-state index contributed by atoms with van der Waals surface area (Å²) in [7, 11) is 3.22. The number of halogens is 3. The molecular weight excluding hydrogens is 351 g/mol. The lowest BCUT2D eigenvalue weighted by Crippen LogP contribution is -2.27. The van der Waals surface area contributed by atoms with Crippen LogP contribution in [0.5, 0.6) is 5.75 Å². The average Bonchev–Trinajstić information content (AvgIpc) is 2.59. The van der Waals surface area contributed by atoms with Gasteiger partial charge in [-0.1, -0.05) is 12.1 Å². The Hall–Kier alpha value is -2.15. The van der Waals surface area contributed by atoms with Crippen LogP contribution in [0.1, 0.15) is 11.1 Å². The number of carbonyl (C=O) groups excluding carboxylic acids is 1. The smallest absolute Gasteiger partial charge is 0.416 e. The van der Waals surface area contributed by atoms with Crippen LogP contribution in [0.15, 0.2) is 53.4 Å². The van der Waals surface area contributed by atoms with Crippen LogP contribution in [0.25, 0.3) is 0 Å². The monoisotopic (exact) mass is 369 g/mol. The Morgan fingerprint density at radius 3 is 2.20 bits per heavy atom. The van der Waals surface area contributed by atoms with E-state index in [0.717, 1.165) is 22.8 Å². The molecule has 0 spiro atoms. The summed E-state index contributed by atoms with van der Waals surface area (Å²) >= 11 is 1.40. The molecule has 0 aromatic heterocycles. The summed E-state index contributed by atoms with van der Waals surface area (Å²) in [6.45, 7) is 0.264. The fraction of sp³-hybridized carbons (Fsp3) is 0.278. The molecule has 25 heavy (non-hydrogen) atoms. The van der Waals surface area contributed by atoms with Crippen molar-refractivity contribution in [3.63, 3.8) is 0 Å². The minimum Gasteiger partial charge on any atom is -0.497 e. The van der Waals surface area contributed by atoms with E-state index in [1.807, 2.05) is 24.3 Å². The zero-order chi connectivity index (χ0) is 18.4. The molecule has 0 fully saturated rings. The molecule has 3 nitrogen and oxygen atoms in total. The Morgan fingerprint density at radius 2 is 1.68 bits per heavy atom. The highest BCUT2D eigenvalue weighted by molar-refractivity contribution is 8.00. The molecule has 134 valence electrons. The number of thioether (sulfide) groups is 1. The maximum absolute atomic E-state index is 12.5. The SMILES string of the molecule is COc1ccc(SCC(=O)N(C)Cc2ccc(C(F)(F)F)cc2)cc1. The number of hydrogen-bond acceptors (Lipinski definition) is 3. The second-order valence-corrected chi connectivity index (χ2v) is 6.46. The first-order chi connectivity index (χ1) is 11.8. The number of alkyl halides is 3. The molecule has 0 saturated heterocycles. The van der Waals surface area contributed by atoms with Gasteiger partial charge >= 0.3 is 6.18 Å². The lowest BCUT2D eigenvalue weighted by atomic mass is 10.1. The summed E-state index contributed by atoms with van der Waals surface area (Å²) in [6.07, 6.45) is -4.35. The summed E-state index contributed by atoms with van der Waals surface area (Å²) in [5.74, 6) is 0.902. The second kappa shape index (κ2) is 8.29. The molecule has 0 saturated carbocycles. The molecule has 0 bridgehead atoms. The molecule has 0 aliphatic rings. The first kappa shape index (κ1) is 19.2. The van der Waals surface area contributed by atoms with E-state index < -0.39 is 11.7 Å². The fourth-order valence-electron chi connectivity index (χ4n) is 2.09. The average molecular weight is 369 g/mol. The van der Waals surface area contributed by atoms with Crippen molar-refractivity contribution in [1.82, 2.24) is 4.90 Å². The van der Waals surface area contributed by atoms with E-state index in [1.165, 1.54) is 28.8 Å². The van der Waals surface area contributed by atoms with Gasteiger partial charge in [0.15, 0.2) is 0 Å². The van der Waals surface area contributed by atoms with Crippen LogP contribution >= 0.6 is 11.8 Å². The Balaban J connectivity index is 1.87. The highest BCUT2D eigenvalue weighted by atomic mass is 32.2. The van der Waals surface area contributed by atoms with Crippen molar-refractivity contribution in [2.45, 2.75) is 17.6 Å². The van der Waals surface area contributed by atoms with E-state index >= 15 is 0 Å². The third kappa shape index (κ3) is 5.70. The molecule has 0 atom stereocenters. The molecule has 0 unspecified atom stereocenters. The Kier molecular flexibility index (Phi) is 6.36. The summed E-state index contributed by atoms with van der Waals surface area (Å²) in [5.41, 5.74) is -0.0430. The number of nitrogens with zero attached hydrogens (tertiary/aromatic N) is 1. The summed E-state index contributed by atoms with van der Waals surface area (Å²) in [6, 6.07) is 12.2. The normalized spacial score (nSPS) is 11.2. The largest absolute Gasteiger partial charge is 0.497 e. The molecular formula is C18H18F3NO2S. The Labute approximate surface area is 148 Å². The minimum atomic E-state index is -4.35. The maximum atomic E-state index is 12.5. The van der Waals surface area contributed by atoms with E-state index in [0.29, 0.717) is 5.56 Å². The van der Waals surface area contributed by atoms with E-state index in [9.17, 15) is 18.0 Å². The number of ether oxygens (including phenoxy) is 1. The van der Waals surface area contributed by atoms with Crippen molar-refractivity contribution in [3.8, 4) is 5.75 Å². The van der Waals surface area contributed by atoms with Crippen LogP contribution in [0.3, 0.4) is 0 Å². The van der Waals surface area contributed by atoms with E-state index in [4.69, 9.17) is 4.74 Å². The van der Waals surface area contributed by atoms with E-state index in [-0.39, 0.29) is 18.2 Å². The van der Waals surface area contributed by atoms with Crippen LogP contribution < -0.4 is 4.74 Å². The molecule has 1 amide bonds. The topological polar surface area (TPSA) is 29.5 Å². The van der Waals surface area contributed by atoms with Crippen LogP contribution in [0.4, 0.5) is 13.2 Å². The summed E-state index contributed by atoms with van der Waals surface area (Å²) in [5, 5.41) is 0. The van der Waals surface area contributed by atoms with Gasteiger partial charge in [0.2, 0.25) is 5.91 Å². The van der Waals surface area contributed by atoms with Gasteiger partial charge in [-0.25, -0.2) is 0 Å². The highest BCUT2D eigenvalue weighted by Crippen LogP contribution is 2.29. The second-order valence-electron chi connectivity index (χ2n) is 5.41. The molecule has 0 radical (unpaired) electrons. The molecule has 2 rings (SSSR count). The van der Waals surface area contributed by atoms with Gasteiger partial charge in [-0.05, 0) is 42.0 Å². The van der Waals surface area contributed by atoms with Crippen molar-refractivity contribution >= 4 is 17.7 Å². The van der Waals surface area contributed by atoms with Gasteiger partial charge in [0.1, 0.15) is 5.75 Å². The molecule has 0 aliphatic carbocycles. The number of amides is 1. The number of methoxy groups -OCH3 is 1. The predicted molar refractivity (Wildman–Crippen MR) is 91.6 cm³/mol.